The Labute approximate surface area is 78.5 Å². The number of anilines is 1. The molecule has 0 aliphatic carbocycles. The Morgan fingerprint density at radius 1 is 1.55 bits per heavy atom. The molecule has 1 heterocycles. The van der Waals surface area contributed by atoms with E-state index in [1.165, 1.54) is 6.20 Å². The molecule has 1 aromatic rings. The van der Waals surface area contributed by atoms with Crippen LogP contribution in [0.1, 0.15) is 0 Å². The first-order valence-electron chi connectivity index (χ1n) is 2.96. The van der Waals surface area contributed by atoms with Gasteiger partial charge in [-0.1, -0.05) is 11.6 Å². The fourth-order valence-electron chi connectivity index (χ4n) is 0.640. The minimum Gasteiger partial charge on any atom is -0.360 e. The lowest BCUT2D eigenvalue weighted by Gasteiger charge is -2.11. The van der Waals surface area contributed by atoms with Crippen LogP contribution in [-0.4, -0.2) is 24.1 Å². The average molecular weight is 236 g/mol. The van der Waals surface area contributed by atoms with Crippen LogP contribution in [0, 0.1) is 0 Å². The largest absolute Gasteiger partial charge is 0.360 e. The summed E-state index contributed by atoms with van der Waals surface area (Å²) in [5.74, 6) is 0.773. The summed E-state index contributed by atoms with van der Waals surface area (Å²) in [6.45, 7) is 0. The van der Waals surface area contributed by atoms with Crippen molar-refractivity contribution in [2.75, 3.05) is 19.0 Å². The molecule has 0 aliphatic rings. The van der Waals surface area contributed by atoms with E-state index in [1.807, 2.05) is 19.0 Å². The predicted octanol–water partition coefficient (Wildman–Crippen LogP) is 1.96. The topological polar surface area (TPSA) is 29.0 Å². The SMILES string of the molecule is CN(C)c1ncc(Cl)nc1Br. The van der Waals surface area contributed by atoms with Gasteiger partial charge in [0.25, 0.3) is 0 Å². The Bertz CT molecular complexity index is 264. The van der Waals surface area contributed by atoms with Gasteiger partial charge in [-0.3, -0.25) is 0 Å². The number of halogens is 2. The van der Waals surface area contributed by atoms with E-state index in [2.05, 4.69) is 25.9 Å². The molecule has 0 spiro atoms. The van der Waals surface area contributed by atoms with Crippen LogP contribution in [0.4, 0.5) is 5.82 Å². The highest BCUT2D eigenvalue weighted by atomic mass is 79.9. The zero-order valence-corrected chi connectivity index (χ0v) is 8.52. The predicted molar refractivity (Wildman–Crippen MR) is 49.1 cm³/mol. The standard InChI is InChI=1S/C6H7BrClN3/c1-11(2)6-5(7)10-4(8)3-9-6/h3H,1-2H3. The number of aromatic nitrogens is 2. The van der Waals surface area contributed by atoms with E-state index >= 15 is 0 Å². The highest BCUT2D eigenvalue weighted by Crippen LogP contribution is 2.20. The van der Waals surface area contributed by atoms with Crippen molar-refractivity contribution in [1.82, 2.24) is 9.97 Å². The zero-order valence-electron chi connectivity index (χ0n) is 6.17. The third-order valence-electron chi connectivity index (χ3n) is 1.11. The summed E-state index contributed by atoms with van der Waals surface area (Å²) in [6.07, 6.45) is 1.52. The van der Waals surface area contributed by atoms with Crippen molar-refractivity contribution in [3.8, 4) is 0 Å². The molecule has 1 aromatic heterocycles. The van der Waals surface area contributed by atoms with Crippen LogP contribution in [0.2, 0.25) is 5.15 Å². The Balaban J connectivity index is 3.09. The molecule has 0 radical (unpaired) electrons. The van der Waals surface area contributed by atoms with Gasteiger partial charge in [-0.25, -0.2) is 9.97 Å². The highest BCUT2D eigenvalue weighted by molar-refractivity contribution is 9.10. The van der Waals surface area contributed by atoms with E-state index in [0.717, 1.165) is 5.82 Å². The molecule has 0 aliphatic heterocycles. The molecule has 0 bridgehead atoms. The van der Waals surface area contributed by atoms with Crippen LogP contribution in [-0.2, 0) is 0 Å². The second-order valence-electron chi connectivity index (χ2n) is 2.20. The van der Waals surface area contributed by atoms with Gasteiger partial charge in [0.1, 0.15) is 9.76 Å². The van der Waals surface area contributed by atoms with E-state index < -0.39 is 0 Å². The quantitative estimate of drug-likeness (QED) is 0.746. The molecule has 5 heteroatoms. The maximum atomic E-state index is 5.60. The van der Waals surface area contributed by atoms with Crippen molar-refractivity contribution in [3.63, 3.8) is 0 Å². The number of hydrogen-bond donors (Lipinski definition) is 0. The van der Waals surface area contributed by atoms with Gasteiger partial charge < -0.3 is 4.90 Å². The summed E-state index contributed by atoms with van der Waals surface area (Å²) in [6, 6.07) is 0. The van der Waals surface area contributed by atoms with Crippen molar-refractivity contribution < 1.29 is 0 Å². The van der Waals surface area contributed by atoms with Crippen molar-refractivity contribution >= 4 is 33.3 Å². The van der Waals surface area contributed by atoms with Gasteiger partial charge in [0.15, 0.2) is 5.82 Å². The minimum absolute atomic E-state index is 0.391. The van der Waals surface area contributed by atoms with Crippen molar-refractivity contribution in [1.29, 1.82) is 0 Å². The van der Waals surface area contributed by atoms with Crippen LogP contribution >= 0.6 is 27.5 Å². The van der Waals surface area contributed by atoms with Gasteiger partial charge in [-0.2, -0.15) is 0 Å². The molecule has 1 rings (SSSR count). The maximum absolute atomic E-state index is 5.60. The van der Waals surface area contributed by atoms with E-state index in [-0.39, 0.29) is 0 Å². The van der Waals surface area contributed by atoms with E-state index in [9.17, 15) is 0 Å². The van der Waals surface area contributed by atoms with Gasteiger partial charge in [0.05, 0.1) is 6.20 Å². The lowest BCUT2D eigenvalue weighted by molar-refractivity contribution is 1.02. The number of rotatable bonds is 1. The fourth-order valence-corrected chi connectivity index (χ4v) is 1.52. The molecule has 0 aromatic carbocycles. The van der Waals surface area contributed by atoms with Crippen LogP contribution in [0.5, 0.6) is 0 Å². The first kappa shape index (κ1) is 8.74. The molecule has 3 nitrogen and oxygen atoms in total. The molecule has 11 heavy (non-hydrogen) atoms. The maximum Gasteiger partial charge on any atom is 0.161 e. The van der Waals surface area contributed by atoms with Gasteiger partial charge in [0, 0.05) is 14.1 Å². The lowest BCUT2D eigenvalue weighted by atomic mass is 10.6. The Morgan fingerprint density at radius 3 is 2.64 bits per heavy atom. The fraction of sp³-hybridized carbons (Fsp3) is 0.333. The van der Waals surface area contributed by atoms with E-state index in [1.54, 1.807) is 0 Å². The molecule has 0 N–H and O–H groups in total. The Hall–Kier alpha value is -0.350. The molecule has 0 fully saturated rings. The van der Waals surface area contributed by atoms with Gasteiger partial charge in [0.2, 0.25) is 0 Å². The van der Waals surface area contributed by atoms with Crippen LogP contribution in [0.3, 0.4) is 0 Å². The summed E-state index contributed by atoms with van der Waals surface area (Å²) in [7, 11) is 3.78. The Kier molecular flexibility index (Phi) is 2.67. The molecule has 0 amide bonds. The van der Waals surface area contributed by atoms with Crippen molar-refractivity contribution in [2.45, 2.75) is 0 Å². The van der Waals surface area contributed by atoms with E-state index in [4.69, 9.17) is 11.6 Å². The molecule has 0 saturated carbocycles. The normalized spacial score (nSPS) is 9.82. The van der Waals surface area contributed by atoms with Crippen LogP contribution in [0.15, 0.2) is 10.8 Å². The van der Waals surface area contributed by atoms with Gasteiger partial charge in [-0.05, 0) is 15.9 Å². The smallest absolute Gasteiger partial charge is 0.161 e. The average Bonchev–Trinajstić information content (AvgIpc) is 1.85. The number of hydrogen-bond acceptors (Lipinski definition) is 3. The highest BCUT2D eigenvalue weighted by Gasteiger charge is 2.04. The molecule has 0 saturated heterocycles. The van der Waals surface area contributed by atoms with Crippen molar-refractivity contribution in [3.05, 3.63) is 16.0 Å². The van der Waals surface area contributed by atoms with Gasteiger partial charge in [-0.15, -0.1) is 0 Å². The first-order chi connectivity index (χ1) is 5.11. The van der Waals surface area contributed by atoms with E-state index in [0.29, 0.717) is 9.76 Å². The second kappa shape index (κ2) is 3.36. The molecule has 0 unspecified atom stereocenters. The third-order valence-corrected chi connectivity index (χ3v) is 1.82. The molecule has 60 valence electrons. The number of nitrogens with zero attached hydrogens (tertiary/aromatic N) is 3. The molecule has 0 atom stereocenters. The molecular formula is C6H7BrClN3. The Morgan fingerprint density at radius 2 is 2.18 bits per heavy atom. The van der Waals surface area contributed by atoms with Crippen molar-refractivity contribution in [2.24, 2.45) is 0 Å². The summed E-state index contributed by atoms with van der Waals surface area (Å²) >= 11 is 8.85. The lowest BCUT2D eigenvalue weighted by Crippen LogP contribution is -2.11. The van der Waals surface area contributed by atoms with Gasteiger partial charge >= 0.3 is 0 Å². The second-order valence-corrected chi connectivity index (χ2v) is 3.34. The summed E-state index contributed by atoms with van der Waals surface area (Å²) < 4.78 is 0.662. The van der Waals surface area contributed by atoms with Crippen LogP contribution in [0.25, 0.3) is 0 Å². The summed E-state index contributed by atoms with van der Waals surface area (Å²) in [4.78, 5) is 9.89. The monoisotopic (exact) mass is 235 g/mol. The first-order valence-corrected chi connectivity index (χ1v) is 4.13. The zero-order chi connectivity index (χ0) is 8.43. The summed E-state index contributed by atoms with van der Waals surface area (Å²) in [5, 5.41) is 0.391. The van der Waals surface area contributed by atoms with Crippen LogP contribution < -0.4 is 4.90 Å². The third kappa shape index (κ3) is 2.04. The minimum atomic E-state index is 0.391. The summed E-state index contributed by atoms with van der Waals surface area (Å²) in [5.41, 5.74) is 0. The molecular weight excluding hydrogens is 229 g/mol.